The van der Waals surface area contributed by atoms with Gasteiger partial charge >= 0.3 is 0 Å². The van der Waals surface area contributed by atoms with E-state index in [9.17, 15) is 0 Å². The first-order valence-electron chi connectivity index (χ1n) is 7.79. The topological polar surface area (TPSA) is 0 Å². The summed E-state index contributed by atoms with van der Waals surface area (Å²) in [5.74, 6) is 4.33. The Bertz CT molecular complexity index is 196. The molecule has 0 saturated heterocycles. The Morgan fingerprint density at radius 1 is 0.875 bits per heavy atom. The average Bonchev–Trinajstić information content (AvgIpc) is 2.94. The van der Waals surface area contributed by atoms with Crippen molar-refractivity contribution in [1.82, 2.24) is 0 Å². The molecule has 2 rings (SSSR count). The standard InChI is InChI=1S/C16H30/c1-3-14-7-4-5-8-15(10-6-9-14)12-16-11-13(16)2/h13-16H,3-12H2,1-2H3. The third-order valence-electron chi connectivity index (χ3n) is 5.19. The van der Waals surface area contributed by atoms with Gasteiger partial charge in [0.05, 0.1) is 0 Å². The highest BCUT2D eigenvalue weighted by Crippen LogP contribution is 2.44. The SMILES string of the molecule is CCC1CCCCC(CC2CC2C)CCC1. The summed E-state index contributed by atoms with van der Waals surface area (Å²) in [7, 11) is 0. The van der Waals surface area contributed by atoms with Crippen molar-refractivity contribution >= 4 is 0 Å². The molecule has 0 bridgehead atoms. The van der Waals surface area contributed by atoms with Gasteiger partial charge in [0.2, 0.25) is 0 Å². The summed E-state index contributed by atoms with van der Waals surface area (Å²) in [6.45, 7) is 4.82. The first-order valence-corrected chi connectivity index (χ1v) is 7.79. The summed E-state index contributed by atoms with van der Waals surface area (Å²) in [5.41, 5.74) is 0. The van der Waals surface area contributed by atoms with Crippen LogP contribution in [0.5, 0.6) is 0 Å². The second-order valence-electron chi connectivity index (χ2n) is 6.56. The Morgan fingerprint density at radius 2 is 1.44 bits per heavy atom. The molecule has 2 aliphatic carbocycles. The van der Waals surface area contributed by atoms with E-state index in [1.54, 1.807) is 19.3 Å². The Hall–Kier alpha value is 0. The summed E-state index contributed by atoms with van der Waals surface area (Å²) < 4.78 is 0. The van der Waals surface area contributed by atoms with Gasteiger partial charge in [-0.1, -0.05) is 65.2 Å². The lowest BCUT2D eigenvalue weighted by molar-refractivity contribution is 0.368. The lowest BCUT2D eigenvalue weighted by Crippen LogP contribution is -2.02. The third kappa shape index (κ3) is 3.79. The molecule has 4 atom stereocenters. The van der Waals surface area contributed by atoms with Gasteiger partial charge < -0.3 is 0 Å². The van der Waals surface area contributed by atoms with Crippen molar-refractivity contribution in [2.45, 2.75) is 78.1 Å². The molecule has 0 aromatic heterocycles. The van der Waals surface area contributed by atoms with E-state index in [0.29, 0.717) is 0 Å². The molecule has 2 saturated carbocycles. The quantitative estimate of drug-likeness (QED) is 0.598. The zero-order valence-electron chi connectivity index (χ0n) is 11.4. The van der Waals surface area contributed by atoms with Gasteiger partial charge in [-0.05, 0) is 36.5 Å². The molecule has 0 aromatic rings. The van der Waals surface area contributed by atoms with Crippen molar-refractivity contribution in [2.75, 3.05) is 0 Å². The van der Waals surface area contributed by atoms with Gasteiger partial charge in [0.1, 0.15) is 0 Å². The molecule has 0 spiro atoms. The molecule has 16 heavy (non-hydrogen) atoms. The maximum atomic E-state index is 2.44. The van der Waals surface area contributed by atoms with Gasteiger partial charge in [-0.15, -0.1) is 0 Å². The van der Waals surface area contributed by atoms with E-state index >= 15 is 0 Å². The predicted octanol–water partition coefficient (Wildman–Crippen LogP) is 5.42. The first-order chi connectivity index (χ1) is 7.79. The molecule has 94 valence electrons. The van der Waals surface area contributed by atoms with Gasteiger partial charge in [-0.2, -0.15) is 0 Å². The smallest absolute Gasteiger partial charge is 0.0383 e. The number of hydrogen-bond acceptors (Lipinski definition) is 0. The van der Waals surface area contributed by atoms with Crippen LogP contribution in [-0.4, -0.2) is 0 Å². The van der Waals surface area contributed by atoms with Crippen molar-refractivity contribution in [3.63, 3.8) is 0 Å². The minimum absolute atomic E-state index is 1.05. The van der Waals surface area contributed by atoms with E-state index in [-0.39, 0.29) is 0 Å². The Labute approximate surface area is 102 Å². The van der Waals surface area contributed by atoms with Crippen LogP contribution in [-0.2, 0) is 0 Å². The van der Waals surface area contributed by atoms with Crippen LogP contribution in [0, 0.1) is 23.7 Å². The summed E-state index contributed by atoms with van der Waals surface area (Å²) in [6.07, 6.45) is 15.2. The van der Waals surface area contributed by atoms with Crippen molar-refractivity contribution in [2.24, 2.45) is 23.7 Å². The van der Waals surface area contributed by atoms with Crippen LogP contribution in [0.2, 0.25) is 0 Å². The molecule has 0 amide bonds. The highest BCUT2D eigenvalue weighted by atomic mass is 14.4. The fraction of sp³-hybridized carbons (Fsp3) is 1.00. The van der Waals surface area contributed by atoms with E-state index in [2.05, 4.69) is 13.8 Å². The first kappa shape index (κ1) is 12.5. The highest BCUT2D eigenvalue weighted by molar-refractivity contribution is 4.84. The molecule has 0 aliphatic heterocycles. The summed E-state index contributed by atoms with van der Waals surface area (Å²) >= 11 is 0. The van der Waals surface area contributed by atoms with Gasteiger partial charge in [0.25, 0.3) is 0 Å². The lowest BCUT2D eigenvalue weighted by atomic mass is 9.90. The van der Waals surface area contributed by atoms with Crippen LogP contribution in [0.1, 0.15) is 78.1 Å². The van der Waals surface area contributed by atoms with Gasteiger partial charge in [-0.25, -0.2) is 0 Å². The molecule has 0 aromatic carbocycles. The van der Waals surface area contributed by atoms with Gasteiger partial charge in [0.15, 0.2) is 0 Å². The molecule has 0 N–H and O–H groups in total. The average molecular weight is 222 g/mol. The Morgan fingerprint density at radius 3 is 2.06 bits per heavy atom. The molecule has 0 nitrogen and oxygen atoms in total. The van der Waals surface area contributed by atoms with Crippen molar-refractivity contribution < 1.29 is 0 Å². The maximum Gasteiger partial charge on any atom is -0.0383 e. The predicted molar refractivity (Wildman–Crippen MR) is 71.5 cm³/mol. The van der Waals surface area contributed by atoms with Crippen LogP contribution in [0.15, 0.2) is 0 Å². The van der Waals surface area contributed by atoms with Crippen LogP contribution in [0.25, 0.3) is 0 Å². The molecular weight excluding hydrogens is 192 g/mol. The molecule has 4 unspecified atom stereocenters. The van der Waals surface area contributed by atoms with Gasteiger partial charge in [-0.3, -0.25) is 0 Å². The van der Waals surface area contributed by atoms with Crippen LogP contribution in [0.4, 0.5) is 0 Å². The number of rotatable bonds is 3. The summed E-state index contributed by atoms with van der Waals surface area (Å²) in [4.78, 5) is 0. The molecule has 0 heterocycles. The van der Waals surface area contributed by atoms with Crippen molar-refractivity contribution in [1.29, 1.82) is 0 Å². The lowest BCUT2D eigenvalue weighted by Gasteiger charge is -2.15. The highest BCUT2D eigenvalue weighted by Gasteiger charge is 2.34. The van der Waals surface area contributed by atoms with E-state index in [1.807, 2.05) is 0 Å². The fourth-order valence-electron chi connectivity index (χ4n) is 3.65. The van der Waals surface area contributed by atoms with Crippen LogP contribution in [0.3, 0.4) is 0 Å². The summed E-state index contributed by atoms with van der Waals surface area (Å²) in [5, 5.41) is 0. The third-order valence-corrected chi connectivity index (χ3v) is 5.19. The molecular formula is C16H30. The molecule has 0 radical (unpaired) electrons. The minimum atomic E-state index is 1.05. The normalized spacial score (nSPS) is 40.9. The molecule has 0 heteroatoms. The fourth-order valence-corrected chi connectivity index (χ4v) is 3.65. The van der Waals surface area contributed by atoms with Crippen molar-refractivity contribution in [3.8, 4) is 0 Å². The zero-order valence-corrected chi connectivity index (χ0v) is 11.4. The minimum Gasteiger partial charge on any atom is -0.0651 e. The zero-order chi connectivity index (χ0) is 11.4. The van der Waals surface area contributed by atoms with Crippen LogP contribution >= 0.6 is 0 Å². The summed E-state index contributed by atoms with van der Waals surface area (Å²) in [6, 6.07) is 0. The second kappa shape index (κ2) is 6.07. The monoisotopic (exact) mass is 222 g/mol. The Kier molecular flexibility index (Phi) is 4.73. The second-order valence-corrected chi connectivity index (χ2v) is 6.56. The maximum absolute atomic E-state index is 2.44. The van der Waals surface area contributed by atoms with E-state index in [1.165, 1.54) is 44.9 Å². The number of hydrogen-bond donors (Lipinski definition) is 0. The van der Waals surface area contributed by atoms with Crippen LogP contribution < -0.4 is 0 Å². The van der Waals surface area contributed by atoms with Gasteiger partial charge in [0, 0.05) is 0 Å². The Balaban J connectivity index is 1.72. The van der Waals surface area contributed by atoms with E-state index in [0.717, 1.165) is 23.7 Å². The largest absolute Gasteiger partial charge is 0.0651 e. The molecule has 2 aliphatic rings. The molecule has 2 fully saturated rings. The van der Waals surface area contributed by atoms with Crippen molar-refractivity contribution in [3.05, 3.63) is 0 Å². The van der Waals surface area contributed by atoms with E-state index in [4.69, 9.17) is 0 Å². The van der Waals surface area contributed by atoms with E-state index < -0.39 is 0 Å².